The molecule has 128 valence electrons. The lowest BCUT2D eigenvalue weighted by atomic mass is 10.3. The van der Waals surface area contributed by atoms with Crippen LogP contribution in [0.1, 0.15) is 10.4 Å². The van der Waals surface area contributed by atoms with Gasteiger partial charge in [-0.25, -0.2) is 9.97 Å². The zero-order valence-electron chi connectivity index (χ0n) is 13.7. The van der Waals surface area contributed by atoms with E-state index in [1.165, 1.54) is 16.2 Å². The second kappa shape index (κ2) is 7.69. The molecule has 0 radical (unpaired) electrons. The van der Waals surface area contributed by atoms with Crippen molar-refractivity contribution in [1.29, 1.82) is 0 Å². The van der Waals surface area contributed by atoms with E-state index in [0.29, 0.717) is 17.5 Å². The van der Waals surface area contributed by atoms with Crippen molar-refractivity contribution in [3.8, 4) is 0 Å². The maximum atomic E-state index is 12.1. The highest BCUT2D eigenvalue weighted by atomic mass is 32.1. The minimum Gasteiger partial charge on any atom is -0.375 e. The van der Waals surface area contributed by atoms with Gasteiger partial charge in [-0.3, -0.25) is 14.6 Å². The van der Waals surface area contributed by atoms with Gasteiger partial charge in [0.05, 0.1) is 6.54 Å². The fourth-order valence-electron chi connectivity index (χ4n) is 2.65. The molecular weight excluding hydrogens is 324 g/mol. The first-order valence-corrected chi connectivity index (χ1v) is 8.77. The number of aryl methyl sites for hydroxylation is 1. The smallest absolute Gasteiger partial charge is 0.239 e. The Morgan fingerprint density at radius 2 is 1.96 bits per heavy atom. The first-order chi connectivity index (χ1) is 11.6. The van der Waals surface area contributed by atoms with Crippen LogP contribution in [0.3, 0.4) is 0 Å². The first-order valence-electron chi connectivity index (χ1n) is 7.96. The molecule has 0 unspecified atom stereocenters. The lowest BCUT2D eigenvalue weighted by Crippen LogP contribution is -2.48. The normalized spacial score (nSPS) is 16.2. The van der Waals surface area contributed by atoms with Crippen molar-refractivity contribution in [2.24, 2.45) is 0 Å². The van der Waals surface area contributed by atoms with E-state index in [1.807, 2.05) is 25.3 Å². The molecule has 3 heterocycles. The predicted octanol–water partition coefficient (Wildman–Crippen LogP) is 1.19. The standard InChI is InChI=1S/C16H22N6OS/c1-12-2-3-14(18-8-12)20-15(23)11-22-6-4-21(5-7-22)10-13-9-19-16(17)24-13/h2-3,8-9H,4-7,10-11H2,1H3,(H2,17,19)(H,18,20,23). The number of nitrogens with zero attached hydrogens (tertiary/aromatic N) is 4. The number of rotatable bonds is 5. The Balaban J connectivity index is 1.41. The van der Waals surface area contributed by atoms with Crippen molar-refractivity contribution in [3.63, 3.8) is 0 Å². The van der Waals surface area contributed by atoms with E-state index in [9.17, 15) is 4.79 Å². The van der Waals surface area contributed by atoms with E-state index in [0.717, 1.165) is 38.3 Å². The molecule has 0 saturated carbocycles. The van der Waals surface area contributed by atoms with Crippen LogP contribution in [-0.2, 0) is 11.3 Å². The third-order valence-corrected chi connectivity index (χ3v) is 4.77. The van der Waals surface area contributed by atoms with Crippen LogP contribution >= 0.6 is 11.3 Å². The van der Waals surface area contributed by atoms with Gasteiger partial charge in [0, 0.05) is 50.0 Å². The number of carbonyl (C=O) groups excluding carboxylic acids is 1. The maximum Gasteiger partial charge on any atom is 0.239 e. The summed E-state index contributed by atoms with van der Waals surface area (Å²) in [5.41, 5.74) is 6.74. The molecule has 1 aliphatic rings. The van der Waals surface area contributed by atoms with Gasteiger partial charge in [-0.15, -0.1) is 11.3 Å². The summed E-state index contributed by atoms with van der Waals surface area (Å²) in [6.07, 6.45) is 3.59. The van der Waals surface area contributed by atoms with Gasteiger partial charge in [-0.2, -0.15) is 0 Å². The second-order valence-electron chi connectivity index (χ2n) is 5.99. The Hall–Kier alpha value is -2.03. The maximum absolute atomic E-state index is 12.1. The van der Waals surface area contributed by atoms with Crippen LogP contribution in [0.15, 0.2) is 24.5 Å². The molecule has 1 saturated heterocycles. The van der Waals surface area contributed by atoms with Gasteiger partial charge in [0.1, 0.15) is 5.82 Å². The fraction of sp³-hybridized carbons (Fsp3) is 0.438. The number of aromatic nitrogens is 2. The molecular formula is C16H22N6OS. The number of carbonyl (C=O) groups is 1. The van der Waals surface area contributed by atoms with E-state index < -0.39 is 0 Å². The minimum absolute atomic E-state index is 0.0185. The third kappa shape index (κ3) is 4.73. The van der Waals surface area contributed by atoms with Crippen LogP contribution in [0.2, 0.25) is 0 Å². The highest BCUT2D eigenvalue weighted by Gasteiger charge is 2.19. The highest BCUT2D eigenvalue weighted by molar-refractivity contribution is 7.15. The number of pyridine rings is 1. The van der Waals surface area contributed by atoms with Crippen molar-refractivity contribution < 1.29 is 4.79 Å². The molecule has 1 aliphatic heterocycles. The highest BCUT2D eigenvalue weighted by Crippen LogP contribution is 2.17. The summed E-state index contributed by atoms with van der Waals surface area (Å²) in [4.78, 5) is 26.1. The number of nitrogen functional groups attached to an aromatic ring is 1. The molecule has 0 aliphatic carbocycles. The van der Waals surface area contributed by atoms with Crippen LogP contribution in [-0.4, -0.2) is 58.4 Å². The van der Waals surface area contributed by atoms with E-state index in [4.69, 9.17) is 5.73 Å². The number of nitrogens with two attached hydrogens (primary N) is 1. The Kier molecular flexibility index (Phi) is 5.39. The summed E-state index contributed by atoms with van der Waals surface area (Å²) in [6.45, 7) is 6.88. The van der Waals surface area contributed by atoms with Gasteiger partial charge in [-0.05, 0) is 18.6 Å². The average molecular weight is 346 g/mol. The van der Waals surface area contributed by atoms with E-state index in [2.05, 4.69) is 25.1 Å². The van der Waals surface area contributed by atoms with Gasteiger partial charge in [0.25, 0.3) is 0 Å². The summed E-state index contributed by atoms with van der Waals surface area (Å²) >= 11 is 1.54. The summed E-state index contributed by atoms with van der Waals surface area (Å²) in [7, 11) is 0. The zero-order valence-corrected chi connectivity index (χ0v) is 14.6. The summed E-state index contributed by atoms with van der Waals surface area (Å²) < 4.78 is 0. The summed E-state index contributed by atoms with van der Waals surface area (Å²) in [5.74, 6) is 0.585. The second-order valence-corrected chi connectivity index (χ2v) is 7.13. The minimum atomic E-state index is -0.0185. The Bertz CT molecular complexity index is 678. The Labute approximate surface area is 145 Å². The SMILES string of the molecule is Cc1ccc(NC(=O)CN2CCN(Cc3cnc(N)s3)CC2)nc1. The van der Waals surface area contributed by atoms with Gasteiger partial charge in [-0.1, -0.05) is 6.07 Å². The number of anilines is 2. The van der Waals surface area contributed by atoms with Crippen LogP contribution < -0.4 is 11.1 Å². The van der Waals surface area contributed by atoms with E-state index >= 15 is 0 Å². The number of thiazole rings is 1. The Morgan fingerprint density at radius 3 is 2.58 bits per heavy atom. The molecule has 0 bridgehead atoms. The summed E-state index contributed by atoms with van der Waals surface area (Å²) in [6, 6.07) is 3.76. The molecule has 3 N–H and O–H groups in total. The van der Waals surface area contributed by atoms with Gasteiger partial charge < -0.3 is 11.1 Å². The van der Waals surface area contributed by atoms with Gasteiger partial charge in [0.15, 0.2) is 5.13 Å². The molecule has 0 aromatic carbocycles. The number of piperazine rings is 1. The largest absolute Gasteiger partial charge is 0.375 e. The zero-order chi connectivity index (χ0) is 16.9. The molecule has 0 atom stereocenters. The monoisotopic (exact) mass is 346 g/mol. The molecule has 2 aromatic heterocycles. The van der Waals surface area contributed by atoms with Crippen LogP contribution in [0.4, 0.5) is 10.9 Å². The molecule has 2 aromatic rings. The van der Waals surface area contributed by atoms with Gasteiger partial charge >= 0.3 is 0 Å². The number of nitrogens with one attached hydrogen (secondary N) is 1. The van der Waals surface area contributed by atoms with Crippen molar-refractivity contribution >= 4 is 28.2 Å². The first kappa shape index (κ1) is 16.8. The molecule has 1 amide bonds. The van der Waals surface area contributed by atoms with E-state index in [-0.39, 0.29) is 5.91 Å². The van der Waals surface area contributed by atoms with Gasteiger partial charge in [0.2, 0.25) is 5.91 Å². The predicted molar refractivity (Wildman–Crippen MR) is 95.8 cm³/mol. The average Bonchev–Trinajstić information content (AvgIpc) is 2.96. The number of hydrogen-bond acceptors (Lipinski definition) is 7. The van der Waals surface area contributed by atoms with Crippen LogP contribution in [0, 0.1) is 6.92 Å². The van der Waals surface area contributed by atoms with Crippen LogP contribution in [0.5, 0.6) is 0 Å². The molecule has 0 spiro atoms. The van der Waals surface area contributed by atoms with E-state index in [1.54, 1.807) is 6.20 Å². The summed E-state index contributed by atoms with van der Waals surface area (Å²) in [5, 5.41) is 3.46. The molecule has 8 heteroatoms. The Morgan fingerprint density at radius 1 is 1.21 bits per heavy atom. The molecule has 1 fully saturated rings. The number of amides is 1. The topological polar surface area (TPSA) is 87.4 Å². The number of hydrogen-bond donors (Lipinski definition) is 2. The fourth-order valence-corrected chi connectivity index (χ4v) is 3.38. The van der Waals surface area contributed by atoms with Crippen molar-refractivity contribution in [2.75, 3.05) is 43.8 Å². The van der Waals surface area contributed by atoms with Crippen molar-refractivity contribution in [3.05, 3.63) is 35.0 Å². The molecule has 24 heavy (non-hydrogen) atoms. The molecule has 7 nitrogen and oxygen atoms in total. The third-order valence-electron chi connectivity index (χ3n) is 3.96. The molecule has 3 rings (SSSR count). The lowest BCUT2D eigenvalue weighted by Gasteiger charge is -2.33. The quantitative estimate of drug-likeness (QED) is 0.845. The van der Waals surface area contributed by atoms with Crippen molar-refractivity contribution in [2.45, 2.75) is 13.5 Å². The van der Waals surface area contributed by atoms with Crippen LogP contribution in [0.25, 0.3) is 0 Å². The lowest BCUT2D eigenvalue weighted by molar-refractivity contribution is -0.117. The van der Waals surface area contributed by atoms with Crippen molar-refractivity contribution in [1.82, 2.24) is 19.8 Å².